The highest BCUT2D eigenvalue weighted by Gasteiger charge is 2.21. The summed E-state index contributed by atoms with van der Waals surface area (Å²) in [6.45, 7) is 3.66. The molecule has 1 fully saturated rings. The van der Waals surface area contributed by atoms with Gasteiger partial charge in [0.05, 0.1) is 12.2 Å². The lowest BCUT2D eigenvalue weighted by Gasteiger charge is -2.35. The molecule has 23 heavy (non-hydrogen) atoms. The van der Waals surface area contributed by atoms with Crippen molar-refractivity contribution in [2.75, 3.05) is 37.6 Å². The van der Waals surface area contributed by atoms with E-state index in [0.717, 1.165) is 0 Å². The molecule has 0 atom stereocenters. The number of rotatable bonds is 4. The largest absolute Gasteiger partial charge is 0.367 e. The number of nitrogens with one attached hydrogen (secondary N) is 1. The lowest BCUT2D eigenvalue weighted by atomic mass is 10.1. The Morgan fingerprint density at radius 2 is 1.87 bits per heavy atom. The minimum Gasteiger partial charge on any atom is -0.367 e. The van der Waals surface area contributed by atoms with E-state index in [-0.39, 0.29) is 12.3 Å². The first-order valence-electron chi connectivity index (χ1n) is 7.24. The number of primary amides is 1. The number of anilines is 1. The van der Waals surface area contributed by atoms with Crippen LogP contribution in [0.1, 0.15) is 17.3 Å². The number of amides is 3. The molecule has 1 saturated heterocycles. The summed E-state index contributed by atoms with van der Waals surface area (Å²) in [6, 6.07) is 3.57. The number of halogens is 1. The van der Waals surface area contributed by atoms with E-state index in [1.54, 1.807) is 12.1 Å². The predicted molar refractivity (Wildman–Crippen MR) is 82.8 cm³/mol. The Balaban J connectivity index is 1.93. The number of urea groups is 1. The van der Waals surface area contributed by atoms with E-state index >= 15 is 0 Å². The van der Waals surface area contributed by atoms with Crippen LogP contribution in [0.5, 0.6) is 0 Å². The van der Waals surface area contributed by atoms with Crippen molar-refractivity contribution >= 4 is 23.4 Å². The Morgan fingerprint density at radius 1 is 1.22 bits per heavy atom. The molecule has 0 unspecified atom stereocenters. The van der Waals surface area contributed by atoms with Gasteiger partial charge in [-0.15, -0.1) is 0 Å². The van der Waals surface area contributed by atoms with E-state index in [1.165, 1.54) is 13.0 Å². The maximum atomic E-state index is 14.1. The highest BCUT2D eigenvalue weighted by molar-refractivity contribution is 5.95. The summed E-state index contributed by atoms with van der Waals surface area (Å²) >= 11 is 0. The fourth-order valence-electron chi connectivity index (χ4n) is 2.51. The molecule has 124 valence electrons. The first-order valence-corrected chi connectivity index (χ1v) is 7.24. The Labute approximate surface area is 133 Å². The fourth-order valence-corrected chi connectivity index (χ4v) is 2.51. The first-order chi connectivity index (χ1) is 10.9. The number of hydrogen-bond donors (Lipinski definition) is 2. The van der Waals surface area contributed by atoms with Crippen molar-refractivity contribution in [3.8, 4) is 0 Å². The van der Waals surface area contributed by atoms with Gasteiger partial charge in [0.1, 0.15) is 5.82 Å². The molecule has 8 heteroatoms. The van der Waals surface area contributed by atoms with Crippen LogP contribution in [-0.4, -0.2) is 55.3 Å². The topological polar surface area (TPSA) is 95.7 Å². The lowest BCUT2D eigenvalue weighted by molar-refractivity contribution is -0.121. The number of piperazine rings is 1. The van der Waals surface area contributed by atoms with Crippen LogP contribution in [0.15, 0.2) is 18.2 Å². The standard InChI is InChI=1S/C15H19FN4O3/c1-10(21)11-2-3-13(12(16)8-11)20-6-4-19(5-7-20)9-14(22)18-15(17)23/h2-3,8H,4-7,9H2,1H3,(H3,17,18,22,23). The van der Waals surface area contributed by atoms with Crippen LogP contribution < -0.4 is 16.0 Å². The van der Waals surface area contributed by atoms with Gasteiger partial charge in [-0.2, -0.15) is 0 Å². The summed E-state index contributed by atoms with van der Waals surface area (Å²) in [5.74, 6) is -1.07. The molecule has 1 aromatic rings. The number of nitrogens with zero attached hydrogens (tertiary/aromatic N) is 2. The maximum Gasteiger partial charge on any atom is 0.318 e. The molecule has 0 saturated carbocycles. The van der Waals surface area contributed by atoms with Gasteiger partial charge in [-0.1, -0.05) is 0 Å². The molecule has 3 N–H and O–H groups in total. The van der Waals surface area contributed by atoms with Crippen molar-refractivity contribution in [3.05, 3.63) is 29.6 Å². The van der Waals surface area contributed by atoms with Crippen LogP contribution in [0.4, 0.5) is 14.9 Å². The second kappa shape index (κ2) is 7.19. The first kappa shape index (κ1) is 16.9. The van der Waals surface area contributed by atoms with Gasteiger partial charge >= 0.3 is 6.03 Å². The van der Waals surface area contributed by atoms with Gasteiger partial charge in [0.2, 0.25) is 5.91 Å². The smallest absolute Gasteiger partial charge is 0.318 e. The van der Waals surface area contributed by atoms with Crippen molar-refractivity contribution in [1.29, 1.82) is 0 Å². The monoisotopic (exact) mass is 322 g/mol. The number of hydrogen-bond acceptors (Lipinski definition) is 5. The van der Waals surface area contributed by atoms with E-state index in [9.17, 15) is 18.8 Å². The molecule has 1 aromatic carbocycles. The van der Waals surface area contributed by atoms with Crippen molar-refractivity contribution in [1.82, 2.24) is 10.2 Å². The number of Topliss-reactive ketones (excluding diaryl/α,β-unsaturated/α-hetero) is 1. The summed E-state index contributed by atoms with van der Waals surface area (Å²) in [5.41, 5.74) is 5.67. The Hall–Kier alpha value is -2.48. The van der Waals surface area contributed by atoms with Crippen LogP contribution >= 0.6 is 0 Å². The van der Waals surface area contributed by atoms with Crippen LogP contribution in [0.2, 0.25) is 0 Å². The molecule has 7 nitrogen and oxygen atoms in total. The second-order valence-corrected chi connectivity index (χ2v) is 5.40. The number of carbonyl (C=O) groups excluding carboxylic acids is 3. The van der Waals surface area contributed by atoms with Crippen LogP contribution in [0, 0.1) is 5.82 Å². The normalized spacial score (nSPS) is 15.3. The molecule has 0 radical (unpaired) electrons. The molecule has 2 rings (SSSR count). The Morgan fingerprint density at radius 3 is 2.39 bits per heavy atom. The van der Waals surface area contributed by atoms with Crippen molar-refractivity contribution in [2.45, 2.75) is 6.92 Å². The number of nitrogens with two attached hydrogens (primary N) is 1. The van der Waals surface area contributed by atoms with Gasteiger partial charge in [0, 0.05) is 31.7 Å². The summed E-state index contributed by atoms with van der Waals surface area (Å²) in [6.07, 6.45) is 0. The van der Waals surface area contributed by atoms with Crippen molar-refractivity contribution < 1.29 is 18.8 Å². The maximum absolute atomic E-state index is 14.1. The van der Waals surface area contributed by atoms with Gasteiger partial charge in [-0.25, -0.2) is 9.18 Å². The Bertz CT molecular complexity index is 627. The molecule has 1 aliphatic heterocycles. The average molecular weight is 322 g/mol. The van der Waals surface area contributed by atoms with Gasteiger partial charge in [-0.05, 0) is 25.1 Å². The molecule has 1 aliphatic rings. The molecule has 0 bridgehead atoms. The molecular formula is C15H19FN4O3. The number of benzene rings is 1. The van der Waals surface area contributed by atoms with E-state index in [1.807, 2.05) is 15.1 Å². The molecule has 0 aliphatic carbocycles. The minimum absolute atomic E-state index is 0.0720. The van der Waals surface area contributed by atoms with Gasteiger partial charge in [0.25, 0.3) is 0 Å². The highest BCUT2D eigenvalue weighted by Crippen LogP contribution is 2.22. The van der Waals surface area contributed by atoms with Crippen molar-refractivity contribution in [3.63, 3.8) is 0 Å². The summed E-state index contributed by atoms with van der Waals surface area (Å²) in [7, 11) is 0. The number of carbonyl (C=O) groups is 3. The summed E-state index contributed by atoms with van der Waals surface area (Å²) in [5, 5.41) is 2.01. The van der Waals surface area contributed by atoms with Crippen molar-refractivity contribution in [2.24, 2.45) is 5.73 Å². The quantitative estimate of drug-likeness (QED) is 0.780. The minimum atomic E-state index is -0.874. The van der Waals surface area contributed by atoms with E-state index in [0.29, 0.717) is 37.4 Å². The highest BCUT2D eigenvalue weighted by atomic mass is 19.1. The third-order valence-corrected chi connectivity index (χ3v) is 3.70. The molecule has 1 heterocycles. The molecular weight excluding hydrogens is 303 g/mol. The third kappa shape index (κ3) is 4.49. The zero-order valence-electron chi connectivity index (χ0n) is 12.8. The zero-order valence-corrected chi connectivity index (χ0v) is 12.8. The third-order valence-electron chi connectivity index (χ3n) is 3.70. The molecule has 0 spiro atoms. The lowest BCUT2D eigenvalue weighted by Crippen LogP contribution is -2.50. The Kier molecular flexibility index (Phi) is 5.28. The number of imide groups is 1. The summed E-state index contributed by atoms with van der Waals surface area (Å²) < 4.78 is 14.1. The van der Waals surface area contributed by atoms with E-state index in [2.05, 4.69) is 0 Å². The van der Waals surface area contributed by atoms with Gasteiger partial charge in [0.15, 0.2) is 5.78 Å². The second-order valence-electron chi connectivity index (χ2n) is 5.40. The van der Waals surface area contributed by atoms with Crippen LogP contribution in [0.25, 0.3) is 0 Å². The van der Waals surface area contributed by atoms with Crippen LogP contribution in [0.3, 0.4) is 0 Å². The number of ketones is 1. The SMILES string of the molecule is CC(=O)c1ccc(N2CCN(CC(=O)NC(N)=O)CC2)c(F)c1. The van der Waals surface area contributed by atoms with Gasteiger partial charge in [-0.3, -0.25) is 19.8 Å². The van der Waals surface area contributed by atoms with E-state index in [4.69, 9.17) is 5.73 Å². The van der Waals surface area contributed by atoms with Crippen LogP contribution in [-0.2, 0) is 4.79 Å². The zero-order chi connectivity index (χ0) is 17.0. The molecule has 3 amide bonds. The molecule has 0 aromatic heterocycles. The average Bonchev–Trinajstić information content (AvgIpc) is 2.47. The fraction of sp³-hybridized carbons (Fsp3) is 0.400. The summed E-state index contributed by atoms with van der Waals surface area (Å²) in [4.78, 5) is 37.0. The predicted octanol–water partition coefficient (Wildman–Crippen LogP) is 0.345. The van der Waals surface area contributed by atoms with Gasteiger partial charge < -0.3 is 10.6 Å². The van der Waals surface area contributed by atoms with E-state index < -0.39 is 17.8 Å².